The van der Waals surface area contributed by atoms with E-state index in [4.69, 9.17) is 0 Å². The Morgan fingerprint density at radius 1 is 1.50 bits per heavy atom. The van der Waals surface area contributed by atoms with Crippen molar-refractivity contribution in [1.29, 1.82) is 0 Å². The lowest BCUT2D eigenvalue weighted by Gasteiger charge is -2.22. The van der Waals surface area contributed by atoms with E-state index in [0.717, 1.165) is 0 Å². The number of aromatic nitrogens is 3. The van der Waals surface area contributed by atoms with Gasteiger partial charge in [-0.25, -0.2) is 4.68 Å². The van der Waals surface area contributed by atoms with E-state index in [1.807, 2.05) is 0 Å². The van der Waals surface area contributed by atoms with Gasteiger partial charge >= 0.3 is 0 Å². The molecule has 0 saturated heterocycles. The van der Waals surface area contributed by atoms with Crippen molar-refractivity contribution in [3.8, 4) is 0 Å². The van der Waals surface area contributed by atoms with Gasteiger partial charge in [-0.1, -0.05) is 6.07 Å². The summed E-state index contributed by atoms with van der Waals surface area (Å²) in [6.45, 7) is 0. The van der Waals surface area contributed by atoms with Gasteiger partial charge in [0.1, 0.15) is 12.4 Å². The van der Waals surface area contributed by atoms with Gasteiger partial charge in [0.25, 0.3) is 5.69 Å². The maximum Gasteiger partial charge on any atom is 0.271 e. The molecule has 0 radical (unpaired) electrons. The molecule has 22 heavy (non-hydrogen) atoms. The summed E-state index contributed by atoms with van der Waals surface area (Å²) < 4.78 is 1.30. The van der Waals surface area contributed by atoms with Crippen molar-refractivity contribution < 1.29 is 14.5 Å². The number of rotatable bonds is 3. The summed E-state index contributed by atoms with van der Waals surface area (Å²) in [4.78, 5) is 37.9. The van der Waals surface area contributed by atoms with E-state index in [0.29, 0.717) is 0 Å². The lowest BCUT2D eigenvalue weighted by molar-refractivity contribution is -0.384. The van der Waals surface area contributed by atoms with Crippen molar-refractivity contribution in [3.63, 3.8) is 0 Å². The predicted molar refractivity (Wildman–Crippen MR) is 74.0 cm³/mol. The Morgan fingerprint density at radius 2 is 2.32 bits per heavy atom. The molecule has 1 aliphatic rings. The zero-order valence-electron chi connectivity index (χ0n) is 11.1. The Bertz CT molecular complexity index is 770. The molecule has 2 aromatic rings. The van der Waals surface area contributed by atoms with Crippen LogP contribution in [0.2, 0.25) is 0 Å². The van der Waals surface area contributed by atoms with E-state index >= 15 is 0 Å². The van der Waals surface area contributed by atoms with Gasteiger partial charge in [-0.15, -0.1) is 0 Å². The summed E-state index contributed by atoms with van der Waals surface area (Å²) in [7, 11) is 0. The number of nitro benzene ring substituents is 1. The molecule has 2 N–H and O–H groups in total. The fourth-order valence-corrected chi connectivity index (χ4v) is 2.13. The average Bonchev–Trinajstić information content (AvgIpc) is 2.94. The van der Waals surface area contributed by atoms with Gasteiger partial charge in [-0.05, 0) is 6.07 Å². The minimum atomic E-state index is -0.856. The molecule has 0 saturated carbocycles. The summed E-state index contributed by atoms with van der Waals surface area (Å²) in [6.07, 6.45) is 1.14. The number of hydrogen-bond acceptors (Lipinski definition) is 6. The van der Waals surface area contributed by atoms with Crippen LogP contribution in [0, 0.1) is 10.1 Å². The van der Waals surface area contributed by atoms with Crippen molar-refractivity contribution in [3.05, 3.63) is 40.7 Å². The molecule has 10 heteroatoms. The monoisotopic (exact) mass is 302 g/mol. The zero-order chi connectivity index (χ0) is 15.7. The Hall–Kier alpha value is -3.30. The number of nitrogens with zero attached hydrogens (tertiary/aromatic N) is 4. The van der Waals surface area contributed by atoms with Gasteiger partial charge in [0.05, 0.1) is 11.3 Å². The Kier molecular flexibility index (Phi) is 3.26. The number of nitro groups is 1. The molecular weight excluding hydrogens is 292 g/mol. The maximum absolute atomic E-state index is 12.3. The molecule has 10 nitrogen and oxygen atoms in total. The molecule has 112 valence electrons. The fraction of sp³-hybridized carbons (Fsp3) is 0.167. The molecule has 0 bridgehead atoms. The van der Waals surface area contributed by atoms with E-state index in [1.54, 1.807) is 0 Å². The second-order valence-corrected chi connectivity index (χ2v) is 4.59. The highest BCUT2D eigenvalue weighted by atomic mass is 16.6. The molecule has 2 heterocycles. The molecule has 1 aromatic carbocycles. The lowest BCUT2D eigenvalue weighted by Crippen LogP contribution is -2.36. The van der Waals surface area contributed by atoms with Crippen molar-refractivity contribution >= 4 is 29.1 Å². The first-order valence-corrected chi connectivity index (χ1v) is 6.29. The highest BCUT2D eigenvalue weighted by Crippen LogP contribution is 2.24. The van der Waals surface area contributed by atoms with Crippen LogP contribution in [0.1, 0.15) is 12.5 Å². The van der Waals surface area contributed by atoms with E-state index in [1.165, 1.54) is 35.3 Å². The van der Waals surface area contributed by atoms with Crippen LogP contribution in [0.5, 0.6) is 0 Å². The first-order valence-electron chi connectivity index (χ1n) is 6.29. The summed E-state index contributed by atoms with van der Waals surface area (Å²) in [5, 5.41) is 19.7. The van der Waals surface area contributed by atoms with Gasteiger partial charge < -0.3 is 5.32 Å². The van der Waals surface area contributed by atoms with E-state index in [-0.39, 0.29) is 29.7 Å². The van der Waals surface area contributed by atoms with Crippen molar-refractivity contribution in [2.24, 2.45) is 0 Å². The van der Waals surface area contributed by atoms with E-state index in [2.05, 4.69) is 20.7 Å². The highest BCUT2D eigenvalue weighted by Gasteiger charge is 2.32. The van der Waals surface area contributed by atoms with Gasteiger partial charge in [-0.3, -0.25) is 25.0 Å². The Balaban J connectivity index is 1.82. The third-order valence-electron chi connectivity index (χ3n) is 3.13. The molecule has 1 aliphatic heterocycles. The Labute approximate surface area is 123 Å². The molecule has 1 unspecified atom stereocenters. The SMILES string of the molecule is O=C1CC(C(=O)Nc2cccc([N+](=O)[O-])c2)n2ncnc2N1. The van der Waals surface area contributed by atoms with Crippen LogP contribution in [0.15, 0.2) is 30.6 Å². The molecule has 1 aromatic heterocycles. The van der Waals surface area contributed by atoms with Gasteiger partial charge in [-0.2, -0.15) is 10.1 Å². The van der Waals surface area contributed by atoms with Crippen molar-refractivity contribution in [2.75, 3.05) is 10.6 Å². The standard InChI is InChI=1S/C12H10N6O4/c19-10-5-9(17-12(16-10)13-6-14-17)11(20)15-7-2-1-3-8(4-7)18(21)22/h1-4,6,9H,5H2,(H,15,20)(H,13,14,16,19). The quantitative estimate of drug-likeness (QED) is 0.633. The van der Waals surface area contributed by atoms with Crippen molar-refractivity contribution in [1.82, 2.24) is 14.8 Å². The topological polar surface area (TPSA) is 132 Å². The van der Waals surface area contributed by atoms with Crippen LogP contribution >= 0.6 is 0 Å². The third-order valence-corrected chi connectivity index (χ3v) is 3.13. The lowest BCUT2D eigenvalue weighted by atomic mass is 10.1. The minimum Gasteiger partial charge on any atom is -0.324 e. The number of fused-ring (bicyclic) bond motifs is 1. The first kappa shape index (κ1) is 13.7. The van der Waals surface area contributed by atoms with Crippen LogP contribution in [0.25, 0.3) is 0 Å². The van der Waals surface area contributed by atoms with Gasteiger partial charge in [0.2, 0.25) is 17.8 Å². The summed E-state index contributed by atoms with van der Waals surface area (Å²) in [6, 6.07) is 4.69. The normalized spacial score (nSPS) is 16.5. The van der Waals surface area contributed by atoms with Gasteiger partial charge in [0, 0.05) is 17.8 Å². The van der Waals surface area contributed by atoms with Crippen LogP contribution in [0.3, 0.4) is 0 Å². The number of nitrogens with one attached hydrogen (secondary N) is 2. The van der Waals surface area contributed by atoms with Crippen LogP contribution in [0.4, 0.5) is 17.3 Å². The summed E-state index contributed by atoms with van der Waals surface area (Å²) >= 11 is 0. The van der Waals surface area contributed by atoms with Crippen molar-refractivity contribution in [2.45, 2.75) is 12.5 Å². The zero-order valence-corrected chi connectivity index (χ0v) is 11.1. The smallest absolute Gasteiger partial charge is 0.271 e. The van der Waals surface area contributed by atoms with Crippen LogP contribution in [-0.2, 0) is 9.59 Å². The minimum absolute atomic E-state index is 0.0862. The Morgan fingerprint density at radius 3 is 3.09 bits per heavy atom. The summed E-state index contributed by atoms with van der Waals surface area (Å²) in [5.74, 6) is -0.655. The average molecular weight is 302 g/mol. The largest absolute Gasteiger partial charge is 0.324 e. The number of anilines is 2. The first-order chi connectivity index (χ1) is 10.5. The summed E-state index contributed by atoms with van der Waals surface area (Å²) in [5.41, 5.74) is 0.132. The highest BCUT2D eigenvalue weighted by molar-refractivity contribution is 6.00. The number of carbonyl (C=O) groups excluding carboxylic acids is 2. The number of benzene rings is 1. The second-order valence-electron chi connectivity index (χ2n) is 4.59. The maximum atomic E-state index is 12.3. The van der Waals surface area contributed by atoms with Crippen LogP contribution < -0.4 is 10.6 Å². The molecule has 3 rings (SSSR count). The number of carbonyl (C=O) groups is 2. The molecule has 0 spiro atoms. The molecule has 0 fully saturated rings. The molecule has 2 amide bonds. The number of hydrogen-bond donors (Lipinski definition) is 2. The van der Waals surface area contributed by atoms with E-state index < -0.39 is 16.9 Å². The third kappa shape index (κ3) is 2.49. The second kappa shape index (κ2) is 5.24. The molecule has 1 atom stereocenters. The molecular formula is C12H10N6O4. The van der Waals surface area contributed by atoms with Crippen LogP contribution in [-0.4, -0.2) is 31.5 Å². The van der Waals surface area contributed by atoms with E-state index in [9.17, 15) is 19.7 Å². The number of amides is 2. The molecule has 0 aliphatic carbocycles. The van der Waals surface area contributed by atoms with Gasteiger partial charge in [0.15, 0.2) is 0 Å². The fourth-order valence-electron chi connectivity index (χ4n) is 2.13. The predicted octanol–water partition coefficient (Wildman–Crippen LogP) is 0.708. The number of non-ortho nitro benzene ring substituents is 1.